The number of aliphatic imine (C=N–C) groups is 1. The van der Waals surface area contributed by atoms with E-state index in [-0.39, 0.29) is 22.1 Å². The molecule has 1 aliphatic rings. The highest BCUT2D eigenvalue weighted by Crippen LogP contribution is 2.43. The van der Waals surface area contributed by atoms with E-state index in [9.17, 15) is 13.2 Å². The number of benzene rings is 1. The molecule has 0 aliphatic heterocycles. The Morgan fingerprint density at radius 1 is 1.29 bits per heavy atom. The quantitative estimate of drug-likeness (QED) is 0.623. The van der Waals surface area contributed by atoms with Crippen molar-refractivity contribution in [2.75, 3.05) is 13.4 Å². The minimum Gasteiger partial charge on any atom is -0.496 e. The first-order chi connectivity index (χ1) is 11.1. The van der Waals surface area contributed by atoms with Gasteiger partial charge in [-0.15, -0.1) is 0 Å². The van der Waals surface area contributed by atoms with Crippen molar-refractivity contribution in [3.8, 4) is 5.75 Å². The van der Waals surface area contributed by atoms with Crippen LogP contribution in [0.4, 0.5) is 0 Å². The number of hydrogen-bond acceptors (Lipinski definition) is 4. The van der Waals surface area contributed by atoms with Crippen molar-refractivity contribution in [1.82, 2.24) is 0 Å². The molecule has 1 saturated carbocycles. The number of guanidine groups is 1. The maximum atomic E-state index is 12.3. The number of ether oxygens (including phenoxy) is 1. The fourth-order valence-corrected chi connectivity index (χ4v) is 4.28. The number of sulfone groups is 1. The number of rotatable bonds is 4. The molecule has 0 radical (unpaired) electrons. The maximum absolute atomic E-state index is 12.3. The fourth-order valence-electron chi connectivity index (χ4n) is 3.31. The molecule has 132 valence electrons. The van der Waals surface area contributed by atoms with Gasteiger partial charge in [-0.05, 0) is 36.0 Å². The van der Waals surface area contributed by atoms with E-state index in [0.717, 1.165) is 25.5 Å². The molecule has 0 spiro atoms. The molecule has 1 aromatic carbocycles. The first-order valence-electron chi connectivity index (χ1n) is 7.71. The number of nitrogens with two attached hydrogens (primary N) is 2. The van der Waals surface area contributed by atoms with E-state index in [2.05, 4.69) is 11.9 Å². The molecule has 1 aliphatic carbocycles. The minimum atomic E-state index is -3.52. The van der Waals surface area contributed by atoms with Gasteiger partial charge in [-0.2, -0.15) is 4.99 Å². The van der Waals surface area contributed by atoms with Crippen molar-refractivity contribution < 1.29 is 17.9 Å². The molecule has 24 heavy (non-hydrogen) atoms. The number of methoxy groups -OCH3 is 1. The van der Waals surface area contributed by atoms with Gasteiger partial charge in [0.05, 0.1) is 17.6 Å². The minimum absolute atomic E-state index is 0.0284. The maximum Gasteiger partial charge on any atom is 0.283 e. The van der Waals surface area contributed by atoms with Gasteiger partial charge in [0.25, 0.3) is 5.91 Å². The molecule has 8 heteroatoms. The predicted molar refractivity (Wildman–Crippen MR) is 92.0 cm³/mol. The molecule has 4 N–H and O–H groups in total. The van der Waals surface area contributed by atoms with Crippen molar-refractivity contribution >= 4 is 21.7 Å². The van der Waals surface area contributed by atoms with Gasteiger partial charge < -0.3 is 16.2 Å². The van der Waals surface area contributed by atoms with Crippen LogP contribution in [0.1, 0.15) is 48.0 Å². The molecule has 2 rings (SSSR count). The predicted octanol–water partition coefficient (Wildman–Crippen LogP) is 1.42. The van der Waals surface area contributed by atoms with Crippen LogP contribution in [0.25, 0.3) is 0 Å². The van der Waals surface area contributed by atoms with Crippen molar-refractivity contribution in [2.24, 2.45) is 22.4 Å². The zero-order valence-electron chi connectivity index (χ0n) is 14.1. The summed E-state index contributed by atoms with van der Waals surface area (Å²) in [6.45, 7) is 2.11. The van der Waals surface area contributed by atoms with E-state index in [1.54, 1.807) is 6.07 Å². The highest BCUT2D eigenvalue weighted by molar-refractivity contribution is 7.90. The topological polar surface area (TPSA) is 125 Å². The summed E-state index contributed by atoms with van der Waals surface area (Å²) in [6.07, 6.45) is 4.14. The van der Waals surface area contributed by atoms with Gasteiger partial charge in [-0.1, -0.05) is 19.8 Å². The average molecular weight is 353 g/mol. The molecule has 0 bridgehead atoms. The highest BCUT2D eigenvalue weighted by atomic mass is 32.2. The Kier molecular flexibility index (Phi) is 5.17. The van der Waals surface area contributed by atoms with Crippen LogP contribution in [0.2, 0.25) is 0 Å². The highest BCUT2D eigenvalue weighted by Gasteiger charge is 2.31. The van der Waals surface area contributed by atoms with Gasteiger partial charge in [-0.25, -0.2) is 8.42 Å². The molecule has 2 unspecified atom stereocenters. The zero-order chi connectivity index (χ0) is 18.1. The smallest absolute Gasteiger partial charge is 0.283 e. The molecule has 0 saturated heterocycles. The summed E-state index contributed by atoms with van der Waals surface area (Å²) in [6, 6.07) is 2.96. The van der Waals surface area contributed by atoms with Crippen molar-refractivity contribution in [1.29, 1.82) is 0 Å². The van der Waals surface area contributed by atoms with E-state index >= 15 is 0 Å². The average Bonchev–Trinajstić information content (AvgIpc) is 2.90. The summed E-state index contributed by atoms with van der Waals surface area (Å²) in [4.78, 5) is 15.8. The first-order valence-corrected chi connectivity index (χ1v) is 9.60. The molecular weight excluding hydrogens is 330 g/mol. The van der Waals surface area contributed by atoms with Crippen LogP contribution in [0.5, 0.6) is 5.75 Å². The van der Waals surface area contributed by atoms with Crippen molar-refractivity contribution in [2.45, 2.75) is 37.0 Å². The third kappa shape index (κ3) is 3.69. The van der Waals surface area contributed by atoms with Gasteiger partial charge in [0.1, 0.15) is 5.75 Å². The van der Waals surface area contributed by atoms with Crippen LogP contribution in [0, 0.1) is 5.92 Å². The standard InChI is InChI=1S/C16H23N3O4S/c1-9-5-4-6-10(9)11-7-13(23-2)12(15(20)19-16(17)18)8-14(11)24(3,21)22/h7-10H,4-6H2,1-3H3,(H4,17,18,19,20). The summed E-state index contributed by atoms with van der Waals surface area (Å²) in [5.74, 6) is -0.365. The molecule has 1 aromatic rings. The summed E-state index contributed by atoms with van der Waals surface area (Å²) in [5, 5.41) is 0. The molecule has 2 atom stereocenters. The number of amides is 1. The van der Waals surface area contributed by atoms with Crippen molar-refractivity contribution in [3.05, 3.63) is 23.3 Å². The van der Waals surface area contributed by atoms with Crippen LogP contribution in [-0.2, 0) is 9.84 Å². The lowest BCUT2D eigenvalue weighted by Crippen LogP contribution is -2.24. The molecular formula is C16H23N3O4S. The van der Waals surface area contributed by atoms with E-state index in [1.165, 1.54) is 13.2 Å². The van der Waals surface area contributed by atoms with Gasteiger partial charge in [0.2, 0.25) is 0 Å². The van der Waals surface area contributed by atoms with Crippen LogP contribution >= 0.6 is 0 Å². The van der Waals surface area contributed by atoms with Gasteiger partial charge in [0, 0.05) is 6.26 Å². The van der Waals surface area contributed by atoms with Gasteiger partial charge in [-0.3, -0.25) is 4.79 Å². The van der Waals surface area contributed by atoms with Crippen LogP contribution < -0.4 is 16.2 Å². The summed E-state index contributed by atoms with van der Waals surface area (Å²) in [7, 11) is -2.10. The molecule has 0 aromatic heterocycles. The first kappa shape index (κ1) is 18.3. The Bertz CT molecular complexity index is 783. The Balaban J connectivity index is 2.69. The van der Waals surface area contributed by atoms with Crippen LogP contribution in [0.15, 0.2) is 22.0 Å². The zero-order valence-corrected chi connectivity index (χ0v) is 14.9. The number of carbonyl (C=O) groups excluding carboxylic acids is 1. The lowest BCUT2D eigenvalue weighted by atomic mass is 9.89. The molecule has 0 heterocycles. The number of nitrogens with zero attached hydrogens (tertiary/aromatic N) is 1. The van der Waals surface area contributed by atoms with E-state index in [0.29, 0.717) is 11.5 Å². The molecule has 7 nitrogen and oxygen atoms in total. The lowest BCUT2D eigenvalue weighted by molar-refractivity contribution is 0.0999. The third-order valence-electron chi connectivity index (χ3n) is 4.45. The van der Waals surface area contributed by atoms with E-state index < -0.39 is 21.7 Å². The molecule has 1 amide bonds. The summed E-state index contributed by atoms with van der Waals surface area (Å²) < 4.78 is 29.8. The second-order valence-corrected chi connectivity index (χ2v) is 8.20. The summed E-state index contributed by atoms with van der Waals surface area (Å²) in [5.41, 5.74) is 11.2. The van der Waals surface area contributed by atoms with Crippen LogP contribution in [-0.4, -0.2) is 33.7 Å². The molecule has 1 fully saturated rings. The SMILES string of the molecule is COc1cc(C2CCCC2C)c(S(C)(=O)=O)cc1C(=O)N=C(N)N. The Morgan fingerprint density at radius 2 is 1.96 bits per heavy atom. The largest absolute Gasteiger partial charge is 0.496 e. The fraction of sp³-hybridized carbons (Fsp3) is 0.500. The Morgan fingerprint density at radius 3 is 2.42 bits per heavy atom. The Hall–Kier alpha value is -2.09. The lowest BCUT2D eigenvalue weighted by Gasteiger charge is -2.21. The Labute approximate surface area is 142 Å². The third-order valence-corrected chi connectivity index (χ3v) is 5.61. The summed E-state index contributed by atoms with van der Waals surface area (Å²) >= 11 is 0. The van der Waals surface area contributed by atoms with Crippen LogP contribution in [0.3, 0.4) is 0 Å². The second-order valence-electron chi connectivity index (χ2n) is 6.22. The number of carbonyl (C=O) groups is 1. The monoisotopic (exact) mass is 353 g/mol. The number of hydrogen-bond donors (Lipinski definition) is 2. The normalized spacial score (nSPS) is 20.6. The van der Waals surface area contributed by atoms with Gasteiger partial charge >= 0.3 is 0 Å². The second kappa shape index (κ2) is 6.80. The van der Waals surface area contributed by atoms with E-state index in [4.69, 9.17) is 16.2 Å². The van der Waals surface area contributed by atoms with E-state index in [1.807, 2.05) is 0 Å². The van der Waals surface area contributed by atoms with Gasteiger partial charge in [0.15, 0.2) is 15.8 Å². The van der Waals surface area contributed by atoms with Crippen molar-refractivity contribution in [3.63, 3.8) is 0 Å².